The van der Waals surface area contributed by atoms with Crippen LogP contribution in [0.15, 0.2) is 40.2 Å². The third kappa shape index (κ3) is 2.64. The Hall–Kier alpha value is -2.50. The summed E-state index contributed by atoms with van der Waals surface area (Å²) in [5, 5.41) is 0. The fraction of sp³-hybridized carbons (Fsp3) is 0.375. The van der Waals surface area contributed by atoms with Crippen LogP contribution in [0.25, 0.3) is 5.69 Å². The summed E-state index contributed by atoms with van der Waals surface area (Å²) in [6.45, 7) is 5.51. The zero-order chi connectivity index (χ0) is 15.7. The van der Waals surface area contributed by atoms with Crippen molar-refractivity contribution >= 4 is 0 Å². The van der Waals surface area contributed by atoms with Crippen molar-refractivity contribution in [1.82, 2.24) is 9.13 Å². The monoisotopic (exact) mass is 302 g/mol. The van der Waals surface area contributed by atoms with Gasteiger partial charge in [0, 0.05) is 25.0 Å². The van der Waals surface area contributed by atoms with Crippen LogP contribution < -0.4 is 20.6 Å². The fourth-order valence-corrected chi connectivity index (χ4v) is 2.43. The summed E-state index contributed by atoms with van der Waals surface area (Å²) in [4.78, 5) is 24.5. The van der Waals surface area contributed by atoms with Gasteiger partial charge in [0.15, 0.2) is 11.5 Å². The molecule has 2 aromatic rings. The van der Waals surface area contributed by atoms with Crippen LogP contribution in [0.5, 0.6) is 11.5 Å². The lowest BCUT2D eigenvalue weighted by Crippen LogP contribution is -2.40. The summed E-state index contributed by atoms with van der Waals surface area (Å²) in [5.41, 5.74) is -0.506. The predicted octanol–water partition coefficient (Wildman–Crippen LogP) is 1.43. The molecule has 0 amide bonds. The van der Waals surface area contributed by atoms with Gasteiger partial charge in [-0.15, -0.1) is 0 Å². The maximum absolute atomic E-state index is 12.3. The van der Waals surface area contributed by atoms with E-state index in [1.165, 1.54) is 9.13 Å². The average molecular weight is 302 g/mol. The van der Waals surface area contributed by atoms with E-state index >= 15 is 0 Å². The van der Waals surface area contributed by atoms with E-state index in [1.807, 2.05) is 13.8 Å². The van der Waals surface area contributed by atoms with Gasteiger partial charge in [0.2, 0.25) is 0 Å². The van der Waals surface area contributed by atoms with E-state index in [2.05, 4.69) is 0 Å². The van der Waals surface area contributed by atoms with E-state index in [0.717, 1.165) is 0 Å². The Morgan fingerprint density at radius 1 is 1.05 bits per heavy atom. The fourth-order valence-electron chi connectivity index (χ4n) is 2.43. The van der Waals surface area contributed by atoms with Crippen molar-refractivity contribution in [2.24, 2.45) is 5.92 Å². The van der Waals surface area contributed by atoms with E-state index in [1.54, 1.807) is 30.6 Å². The van der Waals surface area contributed by atoms with Gasteiger partial charge in [0.05, 0.1) is 5.69 Å². The summed E-state index contributed by atoms with van der Waals surface area (Å²) in [6, 6.07) is 5.19. The van der Waals surface area contributed by atoms with Gasteiger partial charge in [-0.25, -0.2) is 0 Å². The van der Waals surface area contributed by atoms with Gasteiger partial charge in [-0.2, -0.15) is 0 Å². The van der Waals surface area contributed by atoms with Gasteiger partial charge in [-0.3, -0.25) is 14.2 Å². The molecule has 0 N–H and O–H groups in total. The molecule has 22 heavy (non-hydrogen) atoms. The molecule has 1 aliphatic rings. The number of ether oxygens (including phenoxy) is 2. The molecule has 1 aliphatic heterocycles. The zero-order valence-electron chi connectivity index (χ0n) is 12.6. The number of benzene rings is 1. The number of nitrogens with zero attached hydrogens (tertiary/aromatic N) is 2. The molecule has 0 radical (unpaired) electrons. The van der Waals surface area contributed by atoms with Crippen LogP contribution in [0.3, 0.4) is 0 Å². The van der Waals surface area contributed by atoms with Crippen molar-refractivity contribution in [2.75, 3.05) is 13.2 Å². The van der Waals surface area contributed by atoms with Crippen molar-refractivity contribution < 1.29 is 9.47 Å². The molecule has 0 saturated carbocycles. The molecule has 0 atom stereocenters. The Morgan fingerprint density at radius 2 is 1.77 bits per heavy atom. The highest BCUT2D eigenvalue weighted by atomic mass is 16.6. The molecule has 2 heterocycles. The molecule has 1 aromatic carbocycles. The molecular formula is C16H18N2O4. The number of rotatable bonds is 3. The second kappa shape index (κ2) is 5.71. The van der Waals surface area contributed by atoms with Crippen LogP contribution in [0.4, 0.5) is 0 Å². The summed E-state index contributed by atoms with van der Waals surface area (Å²) < 4.78 is 13.7. The largest absolute Gasteiger partial charge is 0.486 e. The van der Waals surface area contributed by atoms with Gasteiger partial charge in [-0.1, -0.05) is 13.8 Å². The Bertz CT molecular complexity index is 805. The van der Waals surface area contributed by atoms with Gasteiger partial charge in [0.1, 0.15) is 13.2 Å². The second-order valence-electron chi connectivity index (χ2n) is 5.65. The van der Waals surface area contributed by atoms with Crippen LogP contribution >= 0.6 is 0 Å². The van der Waals surface area contributed by atoms with Crippen molar-refractivity contribution in [1.29, 1.82) is 0 Å². The first-order valence-electron chi connectivity index (χ1n) is 7.28. The molecule has 116 valence electrons. The smallest absolute Gasteiger partial charge is 0.320 e. The molecule has 0 bridgehead atoms. The second-order valence-corrected chi connectivity index (χ2v) is 5.65. The molecule has 0 unspecified atom stereocenters. The summed E-state index contributed by atoms with van der Waals surface area (Å²) in [7, 11) is 0. The van der Waals surface area contributed by atoms with Gasteiger partial charge in [0.25, 0.3) is 0 Å². The first-order chi connectivity index (χ1) is 10.6. The lowest BCUT2D eigenvalue weighted by atomic mass is 10.2. The molecule has 3 rings (SSSR count). The quantitative estimate of drug-likeness (QED) is 0.805. The lowest BCUT2D eigenvalue weighted by molar-refractivity contribution is 0.171. The van der Waals surface area contributed by atoms with Crippen molar-refractivity contribution in [3.05, 3.63) is 51.3 Å². The number of hydrogen-bond donors (Lipinski definition) is 0. The van der Waals surface area contributed by atoms with Gasteiger partial charge in [-0.05, 0) is 18.1 Å². The standard InChI is InChI=1S/C16H18N2O4/c1-11(2)10-17-5-6-18(16(20)15(17)19)12-3-4-13-14(9-12)22-8-7-21-13/h3-6,9,11H,7-8,10H2,1-2H3. The van der Waals surface area contributed by atoms with E-state index < -0.39 is 11.1 Å². The highest BCUT2D eigenvalue weighted by Crippen LogP contribution is 2.31. The van der Waals surface area contributed by atoms with E-state index in [4.69, 9.17) is 9.47 Å². The normalized spacial score (nSPS) is 13.4. The maximum Gasteiger partial charge on any atom is 0.320 e. The van der Waals surface area contributed by atoms with Crippen LogP contribution in [0.1, 0.15) is 13.8 Å². The van der Waals surface area contributed by atoms with Crippen molar-refractivity contribution in [2.45, 2.75) is 20.4 Å². The van der Waals surface area contributed by atoms with E-state index in [9.17, 15) is 9.59 Å². The third-order valence-electron chi connectivity index (χ3n) is 3.42. The maximum atomic E-state index is 12.3. The molecule has 0 spiro atoms. The van der Waals surface area contributed by atoms with Crippen molar-refractivity contribution in [3.63, 3.8) is 0 Å². The van der Waals surface area contributed by atoms with Crippen LogP contribution in [-0.4, -0.2) is 22.3 Å². The topological polar surface area (TPSA) is 62.5 Å². The Balaban J connectivity index is 2.04. The first kappa shape index (κ1) is 14.4. The van der Waals surface area contributed by atoms with Crippen LogP contribution in [0, 0.1) is 5.92 Å². The molecule has 0 aliphatic carbocycles. The highest BCUT2D eigenvalue weighted by molar-refractivity contribution is 5.49. The van der Waals surface area contributed by atoms with E-state index in [0.29, 0.717) is 42.9 Å². The number of aromatic nitrogens is 2. The number of fused-ring (bicyclic) bond motifs is 1. The molecule has 6 nitrogen and oxygen atoms in total. The minimum absolute atomic E-state index is 0.294. The highest BCUT2D eigenvalue weighted by Gasteiger charge is 2.14. The van der Waals surface area contributed by atoms with Crippen LogP contribution in [-0.2, 0) is 6.54 Å². The average Bonchev–Trinajstić information content (AvgIpc) is 2.51. The summed E-state index contributed by atoms with van der Waals surface area (Å²) in [6.07, 6.45) is 3.25. The summed E-state index contributed by atoms with van der Waals surface area (Å²) in [5.74, 6) is 1.53. The minimum atomic E-state index is -0.570. The Kier molecular flexibility index (Phi) is 3.75. The SMILES string of the molecule is CC(C)Cn1ccn(-c2ccc3c(c2)OCCO3)c(=O)c1=O. The Labute approximate surface area is 127 Å². The van der Waals surface area contributed by atoms with Gasteiger partial charge < -0.3 is 14.0 Å². The van der Waals surface area contributed by atoms with Crippen LogP contribution in [0.2, 0.25) is 0 Å². The zero-order valence-corrected chi connectivity index (χ0v) is 12.6. The Morgan fingerprint density at radius 3 is 2.50 bits per heavy atom. The predicted molar refractivity (Wildman–Crippen MR) is 82.1 cm³/mol. The first-order valence-corrected chi connectivity index (χ1v) is 7.28. The van der Waals surface area contributed by atoms with E-state index in [-0.39, 0.29) is 0 Å². The molecule has 0 saturated heterocycles. The third-order valence-corrected chi connectivity index (χ3v) is 3.42. The lowest BCUT2D eigenvalue weighted by Gasteiger charge is -2.19. The minimum Gasteiger partial charge on any atom is -0.486 e. The number of hydrogen-bond acceptors (Lipinski definition) is 4. The van der Waals surface area contributed by atoms with Gasteiger partial charge >= 0.3 is 11.1 Å². The summed E-state index contributed by atoms with van der Waals surface area (Å²) >= 11 is 0. The molecule has 1 aromatic heterocycles. The molecular weight excluding hydrogens is 284 g/mol. The molecule has 6 heteroatoms. The van der Waals surface area contributed by atoms with Crippen molar-refractivity contribution in [3.8, 4) is 17.2 Å². The molecule has 0 fully saturated rings.